The fraction of sp³-hybridized carbons (Fsp3) is 0.357. The van der Waals surface area contributed by atoms with Gasteiger partial charge in [0.1, 0.15) is 5.82 Å². The minimum absolute atomic E-state index is 0.0883. The van der Waals surface area contributed by atoms with E-state index in [0.29, 0.717) is 12.1 Å². The first kappa shape index (κ1) is 14.5. The van der Waals surface area contributed by atoms with Crippen molar-refractivity contribution >= 4 is 23.1 Å². The molecule has 0 radical (unpaired) electrons. The molecular weight excluding hydrogens is 272 g/mol. The Morgan fingerprint density at radius 2 is 2.20 bits per heavy atom. The molecule has 106 valence electrons. The average Bonchev–Trinajstić information content (AvgIpc) is 2.98. The van der Waals surface area contributed by atoms with Crippen LogP contribution in [0.2, 0.25) is 0 Å². The van der Waals surface area contributed by atoms with Crippen molar-refractivity contribution in [3.8, 4) is 0 Å². The van der Waals surface area contributed by atoms with Gasteiger partial charge in [-0.3, -0.25) is 9.78 Å². The zero-order chi connectivity index (χ0) is 14.4. The minimum Gasteiger partial charge on any atom is -0.370 e. The van der Waals surface area contributed by atoms with Crippen LogP contribution in [0, 0.1) is 0 Å². The molecule has 1 amide bonds. The normalized spacial score (nSPS) is 10.3. The first-order chi connectivity index (χ1) is 9.72. The Labute approximate surface area is 122 Å². The molecule has 2 heterocycles. The van der Waals surface area contributed by atoms with Gasteiger partial charge in [0.05, 0.1) is 12.1 Å². The van der Waals surface area contributed by atoms with Crippen LogP contribution in [0.25, 0.3) is 0 Å². The smallest absolute Gasteiger partial charge is 0.251 e. The van der Waals surface area contributed by atoms with Gasteiger partial charge in [-0.05, 0) is 25.5 Å². The van der Waals surface area contributed by atoms with Crippen molar-refractivity contribution in [2.24, 2.45) is 0 Å². The zero-order valence-corrected chi connectivity index (χ0v) is 12.5. The van der Waals surface area contributed by atoms with Crippen molar-refractivity contribution in [2.45, 2.75) is 26.8 Å². The number of aromatic nitrogens is 2. The van der Waals surface area contributed by atoms with Gasteiger partial charge in [0.2, 0.25) is 0 Å². The molecule has 0 spiro atoms. The number of aryl methyl sites for hydroxylation is 1. The lowest BCUT2D eigenvalue weighted by molar-refractivity contribution is 0.0951. The summed E-state index contributed by atoms with van der Waals surface area (Å²) >= 11 is 1.53. The molecule has 0 atom stereocenters. The molecule has 0 fully saturated rings. The van der Waals surface area contributed by atoms with Gasteiger partial charge >= 0.3 is 0 Å². The van der Waals surface area contributed by atoms with Gasteiger partial charge in [-0.25, -0.2) is 4.98 Å². The van der Waals surface area contributed by atoms with E-state index in [2.05, 4.69) is 20.6 Å². The predicted octanol–water partition coefficient (Wildman–Crippen LogP) is 2.46. The third-order valence-corrected chi connectivity index (χ3v) is 3.55. The number of carbonyl (C=O) groups excluding carboxylic acids is 1. The number of nitrogens with one attached hydrogen (secondary N) is 2. The molecule has 20 heavy (non-hydrogen) atoms. The third kappa shape index (κ3) is 3.77. The number of anilines is 1. The van der Waals surface area contributed by atoms with Crippen LogP contribution >= 0.6 is 11.3 Å². The van der Waals surface area contributed by atoms with Crippen LogP contribution in [-0.4, -0.2) is 22.4 Å². The maximum Gasteiger partial charge on any atom is 0.251 e. The molecule has 0 saturated heterocycles. The number of nitrogens with zero attached hydrogens (tertiary/aromatic N) is 2. The molecule has 2 aromatic heterocycles. The van der Waals surface area contributed by atoms with E-state index in [9.17, 15) is 4.79 Å². The second-order valence-corrected chi connectivity index (χ2v) is 5.24. The molecule has 0 unspecified atom stereocenters. The average molecular weight is 290 g/mol. The third-order valence-electron chi connectivity index (χ3n) is 2.77. The lowest BCUT2D eigenvalue weighted by Crippen LogP contribution is -2.23. The van der Waals surface area contributed by atoms with Crippen LogP contribution in [-0.2, 0) is 13.0 Å². The van der Waals surface area contributed by atoms with Gasteiger partial charge in [-0.2, -0.15) is 0 Å². The van der Waals surface area contributed by atoms with E-state index in [0.717, 1.165) is 29.4 Å². The van der Waals surface area contributed by atoms with Gasteiger partial charge in [-0.15, -0.1) is 11.3 Å². The summed E-state index contributed by atoms with van der Waals surface area (Å²) in [5.74, 6) is 0.657. The van der Waals surface area contributed by atoms with Crippen LogP contribution in [0.1, 0.15) is 34.8 Å². The van der Waals surface area contributed by atoms with Crippen molar-refractivity contribution in [1.29, 1.82) is 0 Å². The second kappa shape index (κ2) is 7.00. The van der Waals surface area contributed by atoms with Gasteiger partial charge < -0.3 is 10.6 Å². The highest BCUT2D eigenvalue weighted by atomic mass is 32.1. The fourth-order valence-corrected chi connectivity index (χ4v) is 2.30. The molecule has 5 nitrogen and oxygen atoms in total. The second-order valence-electron chi connectivity index (χ2n) is 4.27. The number of amides is 1. The van der Waals surface area contributed by atoms with Gasteiger partial charge in [0, 0.05) is 28.9 Å². The molecule has 0 bridgehead atoms. The van der Waals surface area contributed by atoms with E-state index in [1.165, 1.54) is 11.3 Å². The number of hydrogen-bond donors (Lipinski definition) is 2. The molecule has 0 saturated carbocycles. The van der Waals surface area contributed by atoms with E-state index >= 15 is 0 Å². The standard InChI is InChI=1S/C14H18N4OS/c1-3-11-5-10(6-13(18-11)16-4-2)14(19)17-8-12-7-15-9-20-12/h5-7,9H,3-4,8H2,1-2H3,(H,16,18)(H,17,19). The molecule has 2 N–H and O–H groups in total. The van der Waals surface area contributed by atoms with Crippen LogP contribution in [0.4, 0.5) is 5.82 Å². The van der Waals surface area contributed by atoms with Crippen molar-refractivity contribution in [1.82, 2.24) is 15.3 Å². The van der Waals surface area contributed by atoms with Crippen LogP contribution in [0.15, 0.2) is 23.8 Å². The Hall–Kier alpha value is -1.95. The molecule has 0 aliphatic carbocycles. The van der Waals surface area contributed by atoms with E-state index in [1.807, 2.05) is 19.9 Å². The number of rotatable bonds is 6. The summed E-state index contributed by atoms with van der Waals surface area (Å²) in [6, 6.07) is 3.62. The zero-order valence-electron chi connectivity index (χ0n) is 11.6. The van der Waals surface area contributed by atoms with Crippen molar-refractivity contribution in [3.05, 3.63) is 40.0 Å². The minimum atomic E-state index is -0.0883. The monoisotopic (exact) mass is 290 g/mol. The van der Waals surface area contributed by atoms with Crippen molar-refractivity contribution in [3.63, 3.8) is 0 Å². The lowest BCUT2D eigenvalue weighted by Gasteiger charge is -2.09. The molecule has 0 aliphatic heterocycles. The quantitative estimate of drug-likeness (QED) is 0.857. The van der Waals surface area contributed by atoms with Crippen molar-refractivity contribution < 1.29 is 4.79 Å². The molecule has 0 aliphatic rings. The number of carbonyl (C=O) groups is 1. The number of hydrogen-bond acceptors (Lipinski definition) is 5. The summed E-state index contributed by atoms with van der Waals surface area (Å²) < 4.78 is 0. The maximum atomic E-state index is 12.2. The first-order valence-corrected chi connectivity index (χ1v) is 7.51. The summed E-state index contributed by atoms with van der Waals surface area (Å²) in [4.78, 5) is 21.6. The Bertz CT molecular complexity index is 569. The molecule has 2 rings (SSSR count). The molecular formula is C14H18N4OS. The van der Waals surface area contributed by atoms with E-state index in [4.69, 9.17) is 0 Å². The van der Waals surface area contributed by atoms with Gasteiger partial charge in [-0.1, -0.05) is 6.92 Å². The summed E-state index contributed by atoms with van der Waals surface area (Å²) in [7, 11) is 0. The lowest BCUT2D eigenvalue weighted by atomic mass is 10.2. The summed E-state index contributed by atoms with van der Waals surface area (Å²) in [5, 5.41) is 6.05. The van der Waals surface area contributed by atoms with E-state index < -0.39 is 0 Å². The highest BCUT2D eigenvalue weighted by Crippen LogP contribution is 2.12. The Morgan fingerprint density at radius 3 is 2.85 bits per heavy atom. The largest absolute Gasteiger partial charge is 0.370 e. The first-order valence-electron chi connectivity index (χ1n) is 6.63. The van der Waals surface area contributed by atoms with Gasteiger partial charge in [0.15, 0.2) is 0 Å². The van der Waals surface area contributed by atoms with Crippen molar-refractivity contribution in [2.75, 3.05) is 11.9 Å². The highest BCUT2D eigenvalue weighted by Gasteiger charge is 2.09. The summed E-state index contributed by atoms with van der Waals surface area (Å²) in [5.41, 5.74) is 3.30. The topological polar surface area (TPSA) is 66.9 Å². The van der Waals surface area contributed by atoms with Gasteiger partial charge in [0.25, 0.3) is 5.91 Å². The Morgan fingerprint density at radius 1 is 1.35 bits per heavy atom. The predicted molar refractivity (Wildman–Crippen MR) is 81.1 cm³/mol. The van der Waals surface area contributed by atoms with E-state index in [1.54, 1.807) is 17.8 Å². The molecule has 6 heteroatoms. The number of pyridine rings is 1. The Kier molecular flexibility index (Phi) is 5.06. The maximum absolute atomic E-state index is 12.2. The SMILES string of the molecule is CCNc1cc(C(=O)NCc2cncs2)cc(CC)n1. The van der Waals surface area contributed by atoms with Crippen LogP contribution in [0.3, 0.4) is 0 Å². The van der Waals surface area contributed by atoms with Crippen LogP contribution < -0.4 is 10.6 Å². The number of thiazole rings is 1. The van der Waals surface area contributed by atoms with E-state index in [-0.39, 0.29) is 5.91 Å². The highest BCUT2D eigenvalue weighted by molar-refractivity contribution is 7.09. The Balaban J connectivity index is 2.09. The fourth-order valence-electron chi connectivity index (χ4n) is 1.77. The van der Waals surface area contributed by atoms with Crippen LogP contribution in [0.5, 0.6) is 0 Å². The molecule has 2 aromatic rings. The summed E-state index contributed by atoms with van der Waals surface area (Å²) in [6.45, 7) is 5.31. The summed E-state index contributed by atoms with van der Waals surface area (Å²) in [6.07, 6.45) is 2.56. The molecule has 0 aromatic carbocycles.